The molecule has 0 aliphatic carbocycles. The van der Waals surface area contributed by atoms with Gasteiger partial charge in [0.2, 0.25) is 5.71 Å². The van der Waals surface area contributed by atoms with Gasteiger partial charge >= 0.3 is 0 Å². The summed E-state index contributed by atoms with van der Waals surface area (Å²) in [5, 5.41) is 1.02. The summed E-state index contributed by atoms with van der Waals surface area (Å²) in [4.78, 5) is 13.9. The predicted octanol–water partition coefficient (Wildman–Crippen LogP) is 4.22. The molecule has 4 heterocycles. The first-order valence-electron chi connectivity index (χ1n) is 11.2. The van der Waals surface area contributed by atoms with Crippen LogP contribution in [0.25, 0.3) is 22.2 Å². The van der Waals surface area contributed by atoms with Gasteiger partial charge in [0.1, 0.15) is 18.4 Å². The average molecular weight is 407 g/mol. The third-order valence-electron chi connectivity index (χ3n) is 6.45. The fourth-order valence-corrected chi connectivity index (χ4v) is 4.69. The lowest BCUT2D eigenvalue weighted by atomic mass is 9.97. The molecule has 0 atom stereocenters. The Hall–Kier alpha value is -2.44. The molecule has 3 aromatic rings. The van der Waals surface area contributed by atoms with E-state index in [2.05, 4.69) is 31.9 Å². The number of rotatable bonds is 7. The maximum Gasteiger partial charge on any atom is 0.231 e. The highest BCUT2D eigenvalue weighted by Crippen LogP contribution is 2.36. The van der Waals surface area contributed by atoms with Gasteiger partial charge in [-0.15, -0.1) is 0 Å². The quantitative estimate of drug-likeness (QED) is 0.548. The summed E-state index contributed by atoms with van der Waals surface area (Å²) in [5.74, 6) is 1.62. The molecular weight excluding hydrogens is 376 g/mol. The summed E-state index contributed by atoms with van der Waals surface area (Å²) < 4.78 is 11.8. The zero-order chi connectivity index (χ0) is 20.2. The highest BCUT2D eigenvalue weighted by molar-refractivity contribution is 5.99. The van der Waals surface area contributed by atoms with Crippen molar-refractivity contribution >= 4 is 16.9 Å². The summed E-state index contributed by atoms with van der Waals surface area (Å²) in [6.45, 7) is 7.30. The summed E-state index contributed by atoms with van der Waals surface area (Å²) in [5.41, 5.74) is 2.85. The second kappa shape index (κ2) is 9.14. The Morgan fingerprint density at radius 3 is 2.60 bits per heavy atom. The van der Waals surface area contributed by atoms with Crippen LogP contribution in [0.2, 0.25) is 0 Å². The number of likely N-dealkylation sites (tertiary alicyclic amines) is 1. The van der Waals surface area contributed by atoms with Crippen LogP contribution in [0.3, 0.4) is 0 Å². The Balaban J connectivity index is 1.21. The highest BCUT2D eigenvalue weighted by Gasteiger charge is 2.24. The van der Waals surface area contributed by atoms with Gasteiger partial charge in [0.15, 0.2) is 0 Å². The molecule has 2 fully saturated rings. The zero-order valence-corrected chi connectivity index (χ0v) is 17.5. The Morgan fingerprint density at radius 1 is 1.00 bits per heavy atom. The van der Waals surface area contributed by atoms with Gasteiger partial charge in [-0.25, -0.2) is 9.97 Å². The largest absolute Gasteiger partial charge is 0.445 e. The third kappa shape index (κ3) is 4.20. The van der Waals surface area contributed by atoms with E-state index in [-0.39, 0.29) is 0 Å². The topological polar surface area (TPSA) is 54.6 Å². The van der Waals surface area contributed by atoms with Gasteiger partial charge in [-0.3, -0.25) is 0 Å². The molecule has 6 nitrogen and oxygen atoms in total. The normalized spacial score (nSPS) is 18.5. The van der Waals surface area contributed by atoms with Crippen LogP contribution in [0.15, 0.2) is 47.3 Å². The number of nitrogens with zero attached hydrogens (tertiary/aromatic N) is 4. The smallest absolute Gasteiger partial charge is 0.231 e. The number of fused-ring (bicyclic) bond motifs is 1. The van der Waals surface area contributed by atoms with Crippen molar-refractivity contribution in [3.8, 4) is 11.1 Å². The lowest BCUT2D eigenvalue weighted by Crippen LogP contribution is -2.36. The van der Waals surface area contributed by atoms with Crippen LogP contribution in [0.4, 0.5) is 5.82 Å². The average Bonchev–Trinajstić information content (AvgIpc) is 3.48. The van der Waals surface area contributed by atoms with Crippen LogP contribution in [-0.4, -0.2) is 60.8 Å². The maximum atomic E-state index is 6.01. The van der Waals surface area contributed by atoms with E-state index in [1.807, 2.05) is 18.2 Å². The molecular formula is C24H30N4O2. The number of anilines is 1. The monoisotopic (exact) mass is 406 g/mol. The van der Waals surface area contributed by atoms with Gasteiger partial charge in [0.25, 0.3) is 0 Å². The lowest BCUT2D eigenvalue weighted by Gasteiger charge is -2.33. The highest BCUT2D eigenvalue weighted by atomic mass is 16.5. The summed E-state index contributed by atoms with van der Waals surface area (Å²) in [6, 6.07) is 10.3. The molecule has 0 N–H and O–H groups in total. The van der Waals surface area contributed by atoms with Gasteiger partial charge in [-0.05, 0) is 50.3 Å². The Kier molecular flexibility index (Phi) is 5.95. The second-order valence-electron chi connectivity index (χ2n) is 8.45. The lowest BCUT2D eigenvalue weighted by molar-refractivity contribution is 0.0753. The van der Waals surface area contributed by atoms with Crippen molar-refractivity contribution < 1.29 is 9.15 Å². The molecule has 2 aliphatic heterocycles. The fourth-order valence-electron chi connectivity index (χ4n) is 4.69. The van der Waals surface area contributed by atoms with Gasteiger partial charge < -0.3 is 19.0 Å². The molecule has 2 aromatic heterocycles. The van der Waals surface area contributed by atoms with E-state index in [9.17, 15) is 0 Å². The van der Waals surface area contributed by atoms with Crippen LogP contribution < -0.4 is 4.90 Å². The molecule has 2 aliphatic rings. The van der Waals surface area contributed by atoms with E-state index in [1.165, 1.54) is 25.9 Å². The second-order valence-corrected chi connectivity index (χ2v) is 8.45. The van der Waals surface area contributed by atoms with Gasteiger partial charge in [-0.1, -0.05) is 30.3 Å². The molecule has 1 aromatic carbocycles. The first-order chi connectivity index (χ1) is 14.9. The fraction of sp³-hybridized carbons (Fsp3) is 0.500. The molecule has 0 bridgehead atoms. The van der Waals surface area contributed by atoms with E-state index >= 15 is 0 Å². The minimum absolute atomic E-state index is 0.634. The molecule has 158 valence electrons. The van der Waals surface area contributed by atoms with Crippen molar-refractivity contribution in [2.45, 2.75) is 25.7 Å². The molecule has 0 amide bonds. The molecule has 0 saturated carbocycles. The number of hydrogen-bond acceptors (Lipinski definition) is 6. The zero-order valence-electron chi connectivity index (χ0n) is 17.5. The molecule has 2 saturated heterocycles. The van der Waals surface area contributed by atoms with Crippen LogP contribution in [0, 0.1) is 5.92 Å². The maximum absolute atomic E-state index is 6.01. The van der Waals surface area contributed by atoms with Gasteiger partial charge in [0.05, 0.1) is 12.0 Å². The number of aromatic nitrogens is 2. The Morgan fingerprint density at radius 2 is 1.80 bits per heavy atom. The van der Waals surface area contributed by atoms with E-state index in [4.69, 9.17) is 9.15 Å². The van der Waals surface area contributed by atoms with Crippen molar-refractivity contribution in [1.29, 1.82) is 0 Å². The van der Waals surface area contributed by atoms with E-state index in [0.29, 0.717) is 11.6 Å². The molecule has 30 heavy (non-hydrogen) atoms. The SMILES string of the molecule is c1ccc(-c2coc3ncnc(N4CCC(COCCN5CCCC5)CC4)c23)cc1. The van der Waals surface area contributed by atoms with Crippen LogP contribution in [0.5, 0.6) is 0 Å². The minimum atomic E-state index is 0.634. The summed E-state index contributed by atoms with van der Waals surface area (Å²) in [6.07, 6.45) is 8.37. The van der Waals surface area contributed by atoms with Crippen molar-refractivity contribution in [3.63, 3.8) is 0 Å². The van der Waals surface area contributed by atoms with Crippen molar-refractivity contribution in [2.75, 3.05) is 50.8 Å². The molecule has 0 unspecified atom stereocenters. The third-order valence-corrected chi connectivity index (χ3v) is 6.45. The van der Waals surface area contributed by atoms with Crippen LogP contribution in [-0.2, 0) is 4.74 Å². The first-order valence-corrected chi connectivity index (χ1v) is 11.2. The van der Waals surface area contributed by atoms with E-state index in [0.717, 1.165) is 68.0 Å². The Labute approximate surface area is 177 Å². The van der Waals surface area contributed by atoms with E-state index < -0.39 is 0 Å². The standard InChI is InChI=1S/C24H30N4O2/c1-2-6-20(7-3-1)21-17-30-24-22(21)23(25-18-26-24)28-12-8-19(9-13-28)16-29-15-14-27-10-4-5-11-27/h1-3,6-7,17-19H,4-5,8-16H2. The number of piperidine rings is 1. The first kappa shape index (κ1) is 19.5. The Bertz CT molecular complexity index is 944. The van der Waals surface area contributed by atoms with Crippen LogP contribution >= 0.6 is 0 Å². The van der Waals surface area contributed by atoms with Crippen molar-refractivity contribution in [2.24, 2.45) is 5.92 Å². The number of furan rings is 1. The van der Waals surface area contributed by atoms with Crippen LogP contribution in [0.1, 0.15) is 25.7 Å². The molecule has 5 rings (SSSR count). The van der Waals surface area contributed by atoms with Gasteiger partial charge in [0, 0.05) is 31.8 Å². The van der Waals surface area contributed by atoms with Gasteiger partial charge in [-0.2, -0.15) is 0 Å². The number of hydrogen-bond donors (Lipinski definition) is 0. The number of benzene rings is 1. The van der Waals surface area contributed by atoms with Crippen molar-refractivity contribution in [3.05, 3.63) is 42.9 Å². The van der Waals surface area contributed by atoms with E-state index in [1.54, 1.807) is 12.6 Å². The molecule has 6 heteroatoms. The summed E-state index contributed by atoms with van der Waals surface area (Å²) >= 11 is 0. The summed E-state index contributed by atoms with van der Waals surface area (Å²) in [7, 11) is 0. The van der Waals surface area contributed by atoms with Crippen molar-refractivity contribution in [1.82, 2.24) is 14.9 Å². The molecule has 0 radical (unpaired) electrons. The number of ether oxygens (including phenoxy) is 1. The minimum Gasteiger partial charge on any atom is -0.445 e. The predicted molar refractivity (Wildman–Crippen MR) is 119 cm³/mol. The molecule has 0 spiro atoms.